The van der Waals surface area contributed by atoms with Gasteiger partial charge in [-0.15, -0.1) is 0 Å². The first-order valence-corrected chi connectivity index (χ1v) is 13.1. The number of benzene rings is 3. The van der Waals surface area contributed by atoms with Gasteiger partial charge < -0.3 is 9.47 Å². The summed E-state index contributed by atoms with van der Waals surface area (Å²) in [5, 5.41) is 4.12. The van der Waals surface area contributed by atoms with E-state index in [1.54, 1.807) is 18.3 Å². The molecule has 0 saturated heterocycles. The van der Waals surface area contributed by atoms with Crippen molar-refractivity contribution in [2.75, 3.05) is 6.61 Å². The number of hydrogen-bond donors (Lipinski definition) is 1. The lowest BCUT2D eigenvalue weighted by Crippen LogP contribution is -2.17. The fourth-order valence-electron chi connectivity index (χ4n) is 3.81. The number of ether oxygens (including phenoxy) is 2. The fourth-order valence-corrected chi connectivity index (χ4v) is 3.81. The fraction of sp³-hybridized carbons (Fsp3) is 0.355. The van der Waals surface area contributed by atoms with E-state index in [0.717, 1.165) is 23.3 Å². The van der Waals surface area contributed by atoms with Gasteiger partial charge in [-0.1, -0.05) is 94.3 Å². The molecule has 0 saturated carbocycles. The summed E-state index contributed by atoms with van der Waals surface area (Å²) in [6.45, 7) is 3.41. The summed E-state index contributed by atoms with van der Waals surface area (Å²) in [4.78, 5) is 12.5. The molecule has 5 nitrogen and oxygen atoms in total. The van der Waals surface area contributed by atoms with E-state index in [-0.39, 0.29) is 5.91 Å². The van der Waals surface area contributed by atoms with Gasteiger partial charge in [0.1, 0.15) is 18.1 Å². The van der Waals surface area contributed by atoms with E-state index in [9.17, 15) is 4.79 Å². The molecular formula is C31H38N2O3. The molecule has 5 heteroatoms. The second-order valence-corrected chi connectivity index (χ2v) is 8.86. The topological polar surface area (TPSA) is 59.9 Å². The van der Waals surface area contributed by atoms with Crippen LogP contribution in [0.25, 0.3) is 0 Å². The van der Waals surface area contributed by atoms with Gasteiger partial charge in [0.15, 0.2) is 0 Å². The number of hydrazone groups is 1. The van der Waals surface area contributed by atoms with Crippen LogP contribution in [-0.2, 0) is 6.61 Å². The average Bonchev–Trinajstić information content (AvgIpc) is 2.92. The molecule has 0 heterocycles. The lowest BCUT2D eigenvalue weighted by Gasteiger charge is -2.09. The quantitative estimate of drug-likeness (QED) is 0.129. The zero-order chi connectivity index (χ0) is 25.3. The third-order valence-corrected chi connectivity index (χ3v) is 5.91. The first-order valence-electron chi connectivity index (χ1n) is 13.1. The SMILES string of the molecule is CCCCCCCCCCOc1ccc(C(=O)N/N=C\c2ccccc2OCc2ccccc2)cc1. The van der Waals surface area contributed by atoms with E-state index in [4.69, 9.17) is 9.47 Å². The summed E-state index contributed by atoms with van der Waals surface area (Å²) >= 11 is 0. The van der Waals surface area contributed by atoms with Crippen molar-refractivity contribution in [3.63, 3.8) is 0 Å². The maximum atomic E-state index is 12.5. The Bertz CT molecular complexity index is 1050. The molecule has 0 spiro atoms. The number of carbonyl (C=O) groups is 1. The Morgan fingerprint density at radius 2 is 1.44 bits per heavy atom. The van der Waals surface area contributed by atoms with Crippen LogP contribution in [0.2, 0.25) is 0 Å². The summed E-state index contributed by atoms with van der Waals surface area (Å²) in [6, 6.07) is 24.8. The first kappa shape index (κ1) is 27.0. The molecule has 3 aromatic carbocycles. The van der Waals surface area contributed by atoms with Gasteiger partial charge in [-0.3, -0.25) is 4.79 Å². The molecule has 0 atom stereocenters. The van der Waals surface area contributed by atoms with Crippen molar-refractivity contribution in [3.05, 3.63) is 95.6 Å². The van der Waals surface area contributed by atoms with Gasteiger partial charge in [0.2, 0.25) is 0 Å². The van der Waals surface area contributed by atoms with E-state index in [0.29, 0.717) is 24.5 Å². The highest BCUT2D eigenvalue weighted by molar-refractivity contribution is 5.95. The van der Waals surface area contributed by atoms with Gasteiger partial charge in [-0.25, -0.2) is 5.43 Å². The largest absolute Gasteiger partial charge is 0.494 e. The number of carbonyl (C=O) groups excluding carboxylic acids is 1. The minimum Gasteiger partial charge on any atom is -0.494 e. The van der Waals surface area contributed by atoms with Crippen molar-refractivity contribution in [3.8, 4) is 11.5 Å². The average molecular weight is 487 g/mol. The predicted molar refractivity (Wildman–Crippen MR) is 147 cm³/mol. The van der Waals surface area contributed by atoms with Crippen molar-refractivity contribution in [1.29, 1.82) is 0 Å². The molecule has 3 rings (SSSR count). The number of hydrogen-bond acceptors (Lipinski definition) is 4. The molecule has 0 fully saturated rings. The minimum atomic E-state index is -0.274. The van der Waals surface area contributed by atoms with E-state index >= 15 is 0 Å². The summed E-state index contributed by atoms with van der Waals surface area (Å²) < 4.78 is 11.8. The normalized spacial score (nSPS) is 10.9. The van der Waals surface area contributed by atoms with Gasteiger partial charge in [0.05, 0.1) is 12.8 Å². The van der Waals surface area contributed by atoms with Crippen LogP contribution >= 0.6 is 0 Å². The van der Waals surface area contributed by atoms with Crippen LogP contribution in [0.5, 0.6) is 11.5 Å². The summed E-state index contributed by atoms with van der Waals surface area (Å²) in [7, 11) is 0. The van der Waals surface area contributed by atoms with Crippen LogP contribution < -0.4 is 14.9 Å². The van der Waals surface area contributed by atoms with Crippen LogP contribution in [0.15, 0.2) is 84.0 Å². The first-order chi connectivity index (χ1) is 17.8. The Morgan fingerprint density at radius 1 is 0.778 bits per heavy atom. The highest BCUT2D eigenvalue weighted by Crippen LogP contribution is 2.18. The third-order valence-electron chi connectivity index (χ3n) is 5.91. The van der Waals surface area contributed by atoms with Gasteiger partial charge in [-0.2, -0.15) is 5.10 Å². The Morgan fingerprint density at radius 3 is 2.19 bits per heavy atom. The van der Waals surface area contributed by atoms with Crippen LogP contribution in [0.3, 0.4) is 0 Å². The second-order valence-electron chi connectivity index (χ2n) is 8.86. The summed E-state index contributed by atoms with van der Waals surface area (Å²) in [5.41, 5.74) is 4.99. The van der Waals surface area contributed by atoms with Crippen molar-refractivity contribution >= 4 is 12.1 Å². The van der Waals surface area contributed by atoms with Crippen molar-refractivity contribution in [1.82, 2.24) is 5.43 Å². The van der Waals surface area contributed by atoms with Gasteiger partial charge in [0, 0.05) is 11.1 Å². The van der Waals surface area contributed by atoms with Crippen molar-refractivity contribution < 1.29 is 14.3 Å². The third kappa shape index (κ3) is 9.95. The molecule has 1 N–H and O–H groups in total. The minimum absolute atomic E-state index is 0.274. The Balaban J connectivity index is 1.38. The number of rotatable bonds is 16. The maximum absolute atomic E-state index is 12.5. The second kappa shape index (κ2) is 16.1. The van der Waals surface area contributed by atoms with Crippen LogP contribution in [0, 0.1) is 0 Å². The molecule has 0 unspecified atom stereocenters. The molecule has 0 radical (unpaired) electrons. The molecule has 0 bridgehead atoms. The Hall–Kier alpha value is -3.60. The van der Waals surface area contributed by atoms with E-state index in [1.165, 1.54) is 44.9 Å². The van der Waals surface area contributed by atoms with Gasteiger partial charge in [0.25, 0.3) is 5.91 Å². The van der Waals surface area contributed by atoms with E-state index < -0.39 is 0 Å². The highest BCUT2D eigenvalue weighted by atomic mass is 16.5. The Kier molecular flexibility index (Phi) is 12.1. The van der Waals surface area contributed by atoms with Gasteiger partial charge >= 0.3 is 0 Å². The number of unbranched alkanes of at least 4 members (excludes halogenated alkanes) is 7. The molecular weight excluding hydrogens is 448 g/mol. The lowest BCUT2D eigenvalue weighted by molar-refractivity contribution is 0.0955. The van der Waals surface area contributed by atoms with E-state index in [2.05, 4.69) is 17.5 Å². The molecule has 1 amide bonds. The lowest BCUT2D eigenvalue weighted by atomic mass is 10.1. The maximum Gasteiger partial charge on any atom is 0.271 e. The zero-order valence-corrected chi connectivity index (χ0v) is 21.3. The molecule has 0 aliphatic rings. The Labute approximate surface area is 215 Å². The molecule has 0 aromatic heterocycles. The summed E-state index contributed by atoms with van der Waals surface area (Å²) in [6.07, 6.45) is 11.8. The number of nitrogens with zero attached hydrogens (tertiary/aromatic N) is 1. The predicted octanol–water partition coefficient (Wildman–Crippen LogP) is 7.55. The number of para-hydroxylation sites is 1. The zero-order valence-electron chi connectivity index (χ0n) is 21.3. The van der Waals surface area contributed by atoms with Crippen molar-refractivity contribution in [2.45, 2.75) is 64.9 Å². The monoisotopic (exact) mass is 486 g/mol. The molecule has 0 aliphatic heterocycles. The molecule has 36 heavy (non-hydrogen) atoms. The molecule has 0 aliphatic carbocycles. The number of nitrogens with one attached hydrogen (secondary N) is 1. The highest BCUT2D eigenvalue weighted by Gasteiger charge is 2.06. The van der Waals surface area contributed by atoms with Crippen LogP contribution in [0.1, 0.15) is 79.8 Å². The van der Waals surface area contributed by atoms with E-state index in [1.807, 2.05) is 66.7 Å². The molecule has 190 valence electrons. The van der Waals surface area contributed by atoms with Crippen LogP contribution in [0.4, 0.5) is 0 Å². The smallest absolute Gasteiger partial charge is 0.271 e. The standard InChI is InChI=1S/C31H38N2O3/c1-2-3-4-5-6-7-8-14-23-35-29-21-19-27(20-22-29)31(34)33-32-24-28-17-12-13-18-30(28)36-25-26-15-10-9-11-16-26/h9-13,15-22,24H,2-8,14,23,25H2,1H3,(H,33,34)/b32-24-. The summed E-state index contributed by atoms with van der Waals surface area (Å²) in [5.74, 6) is 1.21. The van der Waals surface area contributed by atoms with Crippen LogP contribution in [-0.4, -0.2) is 18.7 Å². The number of amides is 1. The molecule has 3 aromatic rings. The van der Waals surface area contributed by atoms with Gasteiger partial charge in [-0.05, 0) is 48.4 Å². The van der Waals surface area contributed by atoms with Crippen molar-refractivity contribution in [2.24, 2.45) is 5.10 Å².